The molecule has 2 rings (SSSR count). The van der Waals surface area contributed by atoms with Gasteiger partial charge in [-0.05, 0) is 5.21 Å². The van der Waals surface area contributed by atoms with Gasteiger partial charge in [-0.25, -0.2) is 0 Å². The Balaban J connectivity index is 2.31. The number of H-pyrrole nitrogens is 1. The Morgan fingerprint density at radius 1 is 1.28 bits per heavy atom. The second-order valence-electron chi connectivity index (χ2n) is 3.08. The molecule has 0 saturated carbocycles. The first-order valence-electron chi connectivity index (χ1n) is 4.14. The minimum absolute atomic E-state index is 0.206. The summed E-state index contributed by atoms with van der Waals surface area (Å²) in [5.74, 6) is -3.45. The molecule has 2 heterocycles. The van der Waals surface area contributed by atoms with Crippen LogP contribution in [0.25, 0.3) is 0 Å². The van der Waals surface area contributed by atoms with E-state index in [0.29, 0.717) is 0 Å². The third-order valence-corrected chi connectivity index (χ3v) is 2.18. The molecule has 2 atom stereocenters. The Hall–Kier alpha value is -2.97. The Bertz CT molecular complexity index is 496. The average molecular weight is 261 g/mol. The number of aromatic nitrogens is 4. The van der Waals surface area contributed by atoms with E-state index < -0.39 is 26.7 Å². The standard InChI is InChI=1S/C3H3N9O6/c13-10(14)1-3(11(15)16,12(17)18)9(1)6-2-4-7-8-5-2/h1H,(H2,4,5,6,7,8). The van der Waals surface area contributed by atoms with Gasteiger partial charge in [-0.2, -0.15) is 5.21 Å². The lowest BCUT2D eigenvalue weighted by Gasteiger charge is -1.98. The number of anilines is 1. The smallest absolute Gasteiger partial charge is 0.266 e. The minimum atomic E-state index is -3.08. The number of hydrogen-bond donors (Lipinski definition) is 2. The fourth-order valence-corrected chi connectivity index (χ4v) is 1.39. The van der Waals surface area contributed by atoms with E-state index in [-0.39, 0.29) is 11.0 Å². The number of aromatic amines is 1. The van der Waals surface area contributed by atoms with Crippen molar-refractivity contribution < 1.29 is 14.8 Å². The molecule has 0 aromatic carbocycles. The van der Waals surface area contributed by atoms with E-state index in [4.69, 9.17) is 0 Å². The molecule has 2 unspecified atom stereocenters. The SMILES string of the molecule is O=[N+]([O-])C1N(Nc2nn[nH]n2)C1([N+](=O)[O-])[N+](=O)[O-]. The molecule has 1 aromatic heterocycles. The second-order valence-corrected chi connectivity index (χ2v) is 3.08. The zero-order chi connectivity index (χ0) is 13.5. The fraction of sp³-hybridized carbons (Fsp3) is 0.667. The van der Waals surface area contributed by atoms with Gasteiger partial charge < -0.3 is 0 Å². The van der Waals surface area contributed by atoms with Crippen LogP contribution < -0.4 is 5.43 Å². The number of tetrazole rings is 1. The van der Waals surface area contributed by atoms with Gasteiger partial charge in [0, 0.05) is 5.01 Å². The van der Waals surface area contributed by atoms with Crippen molar-refractivity contribution in [1.29, 1.82) is 0 Å². The molecule has 96 valence electrons. The number of rotatable bonds is 5. The summed E-state index contributed by atoms with van der Waals surface area (Å²) in [6, 6.07) is 0. The van der Waals surface area contributed by atoms with E-state index >= 15 is 0 Å². The number of hydrazine groups is 1. The number of hydrogen-bond acceptors (Lipinski definition) is 11. The van der Waals surface area contributed by atoms with Crippen LogP contribution in [0.3, 0.4) is 0 Å². The van der Waals surface area contributed by atoms with Crippen LogP contribution in [0.5, 0.6) is 0 Å². The quantitative estimate of drug-likeness (QED) is 0.248. The number of nitrogens with zero attached hydrogens (tertiary/aromatic N) is 7. The van der Waals surface area contributed by atoms with Gasteiger partial charge >= 0.3 is 12.0 Å². The summed E-state index contributed by atoms with van der Waals surface area (Å²) in [5.41, 5.74) is 1.97. The second kappa shape index (κ2) is 3.52. The van der Waals surface area contributed by atoms with Gasteiger partial charge in [0.25, 0.3) is 5.95 Å². The highest BCUT2D eigenvalue weighted by Crippen LogP contribution is 2.41. The highest BCUT2D eigenvalue weighted by atomic mass is 16.7. The summed E-state index contributed by atoms with van der Waals surface area (Å²) in [6.07, 6.45) is -2.17. The molecular formula is C3H3N9O6. The molecule has 1 fully saturated rings. The molecule has 15 heteroatoms. The van der Waals surface area contributed by atoms with Crippen LogP contribution in [0.15, 0.2) is 0 Å². The predicted molar refractivity (Wildman–Crippen MR) is 47.1 cm³/mol. The highest BCUT2D eigenvalue weighted by Gasteiger charge is 2.97. The molecule has 0 bridgehead atoms. The van der Waals surface area contributed by atoms with Gasteiger partial charge in [0.2, 0.25) is 0 Å². The van der Waals surface area contributed by atoms with Crippen molar-refractivity contribution in [2.75, 3.05) is 5.43 Å². The summed E-state index contributed by atoms with van der Waals surface area (Å²) in [4.78, 5) is 28.1. The maximum atomic E-state index is 10.7. The average Bonchev–Trinajstić information content (AvgIpc) is 2.64. The molecule has 1 saturated heterocycles. The maximum absolute atomic E-state index is 10.7. The van der Waals surface area contributed by atoms with Crippen LogP contribution in [0.4, 0.5) is 5.95 Å². The monoisotopic (exact) mass is 261 g/mol. The van der Waals surface area contributed by atoms with Crippen LogP contribution in [0.1, 0.15) is 0 Å². The van der Waals surface area contributed by atoms with Gasteiger partial charge in [0.1, 0.15) is 9.85 Å². The van der Waals surface area contributed by atoms with Crippen LogP contribution >= 0.6 is 0 Å². The predicted octanol–water partition coefficient (Wildman–Crippen LogP) is -2.35. The minimum Gasteiger partial charge on any atom is -0.266 e. The van der Waals surface area contributed by atoms with Gasteiger partial charge in [-0.3, -0.25) is 35.8 Å². The lowest BCUT2D eigenvalue weighted by atomic mass is 10.5. The highest BCUT2D eigenvalue weighted by molar-refractivity contribution is 5.21. The Labute approximate surface area is 95.2 Å². The molecule has 2 N–H and O–H groups in total. The summed E-state index contributed by atoms with van der Waals surface area (Å²) in [5, 5.41) is 43.8. The van der Waals surface area contributed by atoms with Gasteiger partial charge in [-0.1, -0.05) is 5.10 Å². The van der Waals surface area contributed by atoms with Crippen LogP contribution in [0, 0.1) is 30.3 Å². The van der Waals surface area contributed by atoms with E-state index in [1.165, 1.54) is 0 Å². The molecule has 18 heavy (non-hydrogen) atoms. The molecule has 0 amide bonds. The fourth-order valence-electron chi connectivity index (χ4n) is 1.39. The van der Waals surface area contributed by atoms with E-state index in [1.807, 2.05) is 10.6 Å². The lowest BCUT2D eigenvalue weighted by molar-refractivity contribution is -0.790. The van der Waals surface area contributed by atoms with Crippen molar-refractivity contribution in [3.8, 4) is 0 Å². The van der Waals surface area contributed by atoms with E-state index in [9.17, 15) is 30.3 Å². The van der Waals surface area contributed by atoms with Gasteiger partial charge in [-0.15, -0.1) is 5.10 Å². The maximum Gasteiger partial charge on any atom is 0.629 e. The first-order valence-corrected chi connectivity index (χ1v) is 4.14. The third kappa shape index (κ3) is 1.30. The lowest BCUT2D eigenvalue weighted by Crippen LogP contribution is -2.40. The number of nitro groups is 3. The summed E-state index contributed by atoms with van der Waals surface area (Å²) in [6.45, 7) is 0. The van der Waals surface area contributed by atoms with Crippen LogP contribution in [-0.4, -0.2) is 52.4 Å². The topological polar surface area (TPSA) is 199 Å². The third-order valence-electron chi connectivity index (χ3n) is 2.18. The van der Waals surface area contributed by atoms with Crippen molar-refractivity contribution in [2.45, 2.75) is 12.0 Å². The molecule has 15 nitrogen and oxygen atoms in total. The van der Waals surface area contributed by atoms with E-state index in [1.54, 1.807) is 0 Å². The molecule has 0 aliphatic carbocycles. The molecule has 0 radical (unpaired) electrons. The Kier molecular flexibility index (Phi) is 2.25. The normalized spacial score (nSPS) is 24.2. The van der Waals surface area contributed by atoms with Crippen molar-refractivity contribution in [1.82, 2.24) is 25.6 Å². The van der Waals surface area contributed by atoms with Crippen molar-refractivity contribution in [3.05, 3.63) is 30.3 Å². The molecule has 1 aliphatic rings. The van der Waals surface area contributed by atoms with Crippen molar-refractivity contribution in [2.24, 2.45) is 0 Å². The van der Waals surface area contributed by atoms with Gasteiger partial charge in [0.15, 0.2) is 0 Å². The summed E-state index contributed by atoms with van der Waals surface area (Å²) >= 11 is 0. The van der Waals surface area contributed by atoms with Crippen molar-refractivity contribution in [3.63, 3.8) is 0 Å². The molecule has 0 spiro atoms. The van der Waals surface area contributed by atoms with E-state index in [0.717, 1.165) is 0 Å². The zero-order valence-corrected chi connectivity index (χ0v) is 8.16. The van der Waals surface area contributed by atoms with Crippen LogP contribution in [-0.2, 0) is 0 Å². The van der Waals surface area contributed by atoms with Crippen molar-refractivity contribution >= 4 is 5.95 Å². The summed E-state index contributed by atoms with van der Waals surface area (Å²) in [7, 11) is 0. The largest absolute Gasteiger partial charge is 0.629 e. The Morgan fingerprint density at radius 2 is 1.89 bits per heavy atom. The molecular weight excluding hydrogens is 258 g/mol. The van der Waals surface area contributed by atoms with Gasteiger partial charge in [0.05, 0.1) is 4.92 Å². The Morgan fingerprint density at radius 3 is 2.22 bits per heavy atom. The number of nitrogens with one attached hydrogen (secondary N) is 2. The first-order chi connectivity index (χ1) is 8.42. The molecule has 1 aromatic rings. The van der Waals surface area contributed by atoms with E-state index in [2.05, 4.69) is 15.4 Å². The molecule has 1 aliphatic heterocycles. The first kappa shape index (κ1) is 11.5. The van der Waals surface area contributed by atoms with Crippen LogP contribution in [0.2, 0.25) is 0 Å². The summed E-state index contributed by atoms with van der Waals surface area (Å²) < 4.78 is 0. The zero-order valence-electron chi connectivity index (χ0n) is 8.16.